The van der Waals surface area contributed by atoms with Crippen molar-refractivity contribution >= 4 is 22.8 Å². The Morgan fingerprint density at radius 1 is 1.07 bits per heavy atom. The molecule has 1 aromatic carbocycles. The van der Waals surface area contributed by atoms with Crippen LogP contribution in [0.15, 0.2) is 41.3 Å². The van der Waals surface area contributed by atoms with Crippen molar-refractivity contribution in [2.75, 3.05) is 6.61 Å². The van der Waals surface area contributed by atoms with Crippen LogP contribution < -0.4 is 21.0 Å². The van der Waals surface area contributed by atoms with Gasteiger partial charge in [0.1, 0.15) is 17.0 Å². The first-order chi connectivity index (χ1) is 14.3. The Bertz CT molecular complexity index is 1180. The van der Waals surface area contributed by atoms with Crippen molar-refractivity contribution < 1.29 is 14.3 Å². The van der Waals surface area contributed by atoms with Gasteiger partial charge >= 0.3 is 0 Å². The average molecular weight is 408 g/mol. The first kappa shape index (κ1) is 21.0. The molecule has 2 aromatic heterocycles. The summed E-state index contributed by atoms with van der Waals surface area (Å²) in [5.41, 5.74) is 7.49. The molecule has 0 aliphatic carbocycles. The number of hydrogen-bond acceptors (Lipinski definition) is 5. The number of aromatic nitrogens is 2. The van der Waals surface area contributed by atoms with Gasteiger partial charge in [-0.2, -0.15) is 0 Å². The third-order valence-corrected chi connectivity index (χ3v) is 4.81. The lowest BCUT2D eigenvalue weighted by Crippen LogP contribution is -2.45. The van der Waals surface area contributed by atoms with E-state index >= 15 is 0 Å². The van der Waals surface area contributed by atoms with Gasteiger partial charge in [-0.25, -0.2) is 4.98 Å². The molecule has 0 bridgehead atoms. The van der Waals surface area contributed by atoms with Crippen LogP contribution in [0.25, 0.3) is 11.0 Å². The number of ether oxygens (including phenoxy) is 1. The summed E-state index contributed by atoms with van der Waals surface area (Å²) < 4.78 is 7.16. The Labute approximate surface area is 173 Å². The molecule has 0 atom stereocenters. The van der Waals surface area contributed by atoms with Crippen molar-refractivity contribution in [3.8, 4) is 5.75 Å². The molecule has 0 unspecified atom stereocenters. The van der Waals surface area contributed by atoms with Gasteiger partial charge in [0.15, 0.2) is 6.61 Å². The molecule has 0 radical (unpaired) electrons. The summed E-state index contributed by atoms with van der Waals surface area (Å²) in [4.78, 5) is 41.6. The van der Waals surface area contributed by atoms with Crippen molar-refractivity contribution in [2.24, 2.45) is 0 Å². The number of rotatable bonds is 5. The first-order valence-electron chi connectivity index (χ1n) is 9.60. The number of carbonyl (C=O) groups excluding carboxylic acids is 2. The number of hydrazine groups is 1. The van der Waals surface area contributed by atoms with Crippen LogP contribution in [0.4, 0.5) is 0 Å². The summed E-state index contributed by atoms with van der Waals surface area (Å²) in [6, 6.07) is 8.88. The molecular weight excluding hydrogens is 384 g/mol. The molecule has 0 aliphatic rings. The number of nitrogens with one attached hydrogen (secondary N) is 2. The van der Waals surface area contributed by atoms with E-state index in [2.05, 4.69) is 15.8 Å². The first-order valence-corrected chi connectivity index (χ1v) is 9.60. The molecular formula is C22H24N4O4. The largest absolute Gasteiger partial charge is 0.484 e. The van der Waals surface area contributed by atoms with E-state index in [1.165, 1.54) is 6.20 Å². The highest BCUT2D eigenvalue weighted by molar-refractivity contribution is 5.97. The number of pyridine rings is 2. The maximum Gasteiger partial charge on any atom is 0.276 e. The van der Waals surface area contributed by atoms with Gasteiger partial charge in [0.2, 0.25) is 5.43 Å². The van der Waals surface area contributed by atoms with E-state index in [1.807, 2.05) is 39.8 Å². The summed E-state index contributed by atoms with van der Waals surface area (Å²) in [7, 11) is 0. The number of nitrogens with zero attached hydrogens (tertiary/aromatic N) is 2. The number of carbonyl (C=O) groups is 2. The maximum absolute atomic E-state index is 12.7. The normalized spacial score (nSPS) is 10.7. The molecule has 156 valence electrons. The minimum absolute atomic E-state index is 0.0784. The van der Waals surface area contributed by atoms with Crippen molar-refractivity contribution in [2.45, 2.75) is 34.2 Å². The van der Waals surface area contributed by atoms with Crippen molar-refractivity contribution in [3.05, 3.63) is 69.1 Å². The van der Waals surface area contributed by atoms with Gasteiger partial charge in [0.05, 0.1) is 5.39 Å². The molecule has 8 heteroatoms. The van der Waals surface area contributed by atoms with E-state index in [4.69, 9.17) is 4.74 Å². The van der Waals surface area contributed by atoms with Crippen LogP contribution in [0.1, 0.15) is 34.1 Å². The van der Waals surface area contributed by atoms with Crippen molar-refractivity contribution in [1.82, 2.24) is 20.4 Å². The second-order valence-electron chi connectivity index (χ2n) is 7.02. The van der Waals surface area contributed by atoms with Crippen molar-refractivity contribution in [3.63, 3.8) is 0 Å². The Morgan fingerprint density at radius 2 is 1.83 bits per heavy atom. The van der Waals surface area contributed by atoms with Gasteiger partial charge in [-0.1, -0.05) is 6.07 Å². The van der Waals surface area contributed by atoms with E-state index in [9.17, 15) is 14.4 Å². The Balaban J connectivity index is 1.68. The Hall–Kier alpha value is -3.68. The molecule has 30 heavy (non-hydrogen) atoms. The molecule has 2 N–H and O–H groups in total. The van der Waals surface area contributed by atoms with E-state index in [0.29, 0.717) is 23.3 Å². The molecule has 3 rings (SSSR count). The minimum atomic E-state index is -0.704. The smallest absolute Gasteiger partial charge is 0.276 e. The zero-order valence-electron chi connectivity index (χ0n) is 17.4. The zero-order chi connectivity index (χ0) is 21.8. The molecule has 2 heterocycles. The summed E-state index contributed by atoms with van der Waals surface area (Å²) in [5.74, 6) is -0.692. The summed E-state index contributed by atoms with van der Waals surface area (Å²) in [6.45, 7) is 7.91. The lowest BCUT2D eigenvalue weighted by atomic mass is 10.1. The van der Waals surface area contributed by atoms with Crippen LogP contribution >= 0.6 is 0 Å². The second kappa shape index (κ2) is 8.77. The number of aryl methyl sites for hydroxylation is 4. The van der Waals surface area contributed by atoms with E-state index < -0.39 is 17.2 Å². The van der Waals surface area contributed by atoms with Crippen LogP contribution in [-0.2, 0) is 11.3 Å². The molecule has 2 amide bonds. The van der Waals surface area contributed by atoms with Gasteiger partial charge in [-0.3, -0.25) is 25.2 Å². The molecule has 0 saturated heterocycles. The number of hydrogen-bond donors (Lipinski definition) is 2. The monoisotopic (exact) mass is 408 g/mol. The SMILES string of the molecule is CCn1cc(C(=O)NNC(=O)COc2ccc(C)c(C)c2)c(=O)c2ccc(C)nc21. The topological polar surface area (TPSA) is 102 Å². The third-order valence-electron chi connectivity index (χ3n) is 4.81. The fraction of sp³-hybridized carbons (Fsp3) is 0.273. The lowest BCUT2D eigenvalue weighted by molar-refractivity contribution is -0.123. The fourth-order valence-electron chi connectivity index (χ4n) is 2.95. The van der Waals surface area contributed by atoms with Gasteiger partial charge in [-0.15, -0.1) is 0 Å². The lowest BCUT2D eigenvalue weighted by Gasteiger charge is -2.12. The van der Waals surface area contributed by atoms with E-state index in [-0.39, 0.29) is 12.2 Å². The van der Waals surface area contributed by atoms with Gasteiger partial charge in [0, 0.05) is 18.4 Å². The highest BCUT2D eigenvalue weighted by Crippen LogP contribution is 2.16. The second-order valence-corrected chi connectivity index (χ2v) is 7.02. The number of fused-ring (bicyclic) bond motifs is 1. The molecule has 0 spiro atoms. The van der Waals surface area contributed by atoms with Crippen LogP contribution in [-0.4, -0.2) is 28.0 Å². The summed E-state index contributed by atoms with van der Waals surface area (Å²) >= 11 is 0. The quantitative estimate of drug-likeness (QED) is 0.630. The summed E-state index contributed by atoms with van der Waals surface area (Å²) in [5, 5.41) is 0.347. The minimum Gasteiger partial charge on any atom is -0.484 e. The Morgan fingerprint density at radius 3 is 2.53 bits per heavy atom. The van der Waals surface area contributed by atoms with Gasteiger partial charge in [0.25, 0.3) is 11.8 Å². The molecule has 0 saturated carbocycles. The van der Waals surface area contributed by atoms with E-state index in [0.717, 1.165) is 16.8 Å². The molecule has 8 nitrogen and oxygen atoms in total. The highest BCUT2D eigenvalue weighted by Gasteiger charge is 2.16. The summed E-state index contributed by atoms with van der Waals surface area (Å²) in [6.07, 6.45) is 1.45. The van der Waals surface area contributed by atoms with Crippen LogP contribution in [0.2, 0.25) is 0 Å². The highest BCUT2D eigenvalue weighted by atomic mass is 16.5. The number of benzene rings is 1. The van der Waals surface area contributed by atoms with Crippen LogP contribution in [0.3, 0.4) is 0 Å². The van der Waals surface area contributed by atoms with Crippen LogP contribution in [0, 0.1) is 20.8 Å². The third kappa shape index (κ3) is 4.48. The molecule has 3 aromatic rings. The van der Waals surface area contributed by atoms with Crippen molar-refractivity contribution in [1.29, 1.82) is 0 Å². The Kier molecular flexibility index (Phi) is 6.15. The van der Waals surface area contributed by atoms with E-state index in [1.54, 1.807) is 22.8 Å². The van der Waals surface area contributed by atoms with Crippen LogP contribution in [0.5, 0.6) is 5.75 Å². The predicted octanol–water partition coefficient (Wildman–Crippen LogP) is 2.18. The fourth-order valence-corrected chi connectivity index (χ4v) is 2.95. The maximum atomic E-state index is 12.7. The standard InChI is InChI=1S/C22H24N4O4/c1-5-26-11-18(20(28)17-9-7-15(4)23-21(17)26)22(29)25-24-19(27)12-30-16-8-6-13(2)14(3)10-16/h6-11H,5,12H2,1-4H3,(H,24,27)(H,25,29). The van der Waals surface area contributed by atoms with Gasteiger partial charge in [-0.05, 0) is 63.1 Å². The molecule has 0 fully saturated rings. The average Bonchev–Trinajstić information content (AvgIpc) is 2.73. The number of amides is 2. The van der Waals surface area contributed by atoms with Gasteiger partial charge < -0.3 is 9.30 Å². The molecule has 0 aliphatic heterocycles. The zero-order valence-corrected chi connectivity index (χ0v) is 17.4. The predicted molar refractivity (Wildman–Crippen MR) is 113 cm³/mol.